The van der Waals surface area contributed by atoms with Crippen molar-refractivity contribution in [2.24, 2.45) is 10.5 Å². The smallest absolute Gasteiger partial charge is 0.255 e. The Morgan fingerprint density at radius 1 is 1.53 bits per heavy atom. The Balaban J connectivity index is 2.33. The average molecular weight is 211 g/mol. The number of carbonyl (C=O) groups is 1. The fourth-order valence-electron chi connectivity index (χ4n) is 2.56. The van der Waals surface area contributed by atoms with E-state index in [2.05, 4.69) is 10.0 Å². The van der Waals surface area contributed by atoms with Gasteiger partial charge in [0, 0.05) is 33.2 Å². The minimum atomic E-state index is -0.545. The van der Waals surface area contributed by atoms with Crippen molar-refractivity contribution in [2.75, 3.05) is 33.8 Å². The van der Waals surface area contributed by atoms with Crippen LogP contribution in [0.1, 0.15) is 12.8 Å². The Bertz CT molecular complexity index is 316. The lowest BCUT2D eigenvalue weighted by atomic mass is 9.75. The molecule has 1 saturated heterocycles. The first-order valence-corrected chi connectivity index (χ1v) is 5.26. The molecule has 2 aliphatic heterocycles. The number of aliphatic hydroxyl groups is 1. The average Bonchev–Trinajstić information content (AvgIpc) is 2.42. The van der Waals surface area contributed by atoms with Crippen LogP contribution in [0.5, 0.6) is 0 Å². The molecule has 0 aromatic rings. The van der Waals surface area contributed by atoms with Crippen molar-refractivity contribution in [3.63, 3.8) is 0 Å². The largest absolute Gasteiger partial charge is 0.396 e. The van der Waals surface area contributed by atoms with Gasteiger partial charge in [0.2, 0.25) is 0 Å². The van der Waals surface area contributed by atoms with Crippen molar-refractivity contribution in [2.45, 2.75) is 12.8 Å². The van der Waals surface area contributed by atoms with Gasteiger partial charge in [0.15, 0.2) is 0 Å². The van der Waals surface area contributed by atoms with Gasteiger partial charge in [-0.15, -0.1) is 0 Å². The normalized spacial score (nSPS) is 31.8. The zero-order chi connectivity index (χ0) is 11.1. The van der Waals surface area contributed by atoms with Crippen LogP contribution in [-0.4, -0.2) is 60.4 Å². The highest BCUT2D eigenvalue weighted by Crippen LogP contribution is 2.37. The van der Waals surface area contributed by atoms with E-state index in [1.54, 1.807) is 7.05 Å². The number of carbonyl (C=O) groups excluding carboxylic acids is 1. The van der Waals surface area contributed by atoms with E-state index in [4.69, 9.17) is 5.11 Å². The first kappa shape index (κ1) is 10.6. The van der Waals surface area contributed by atoms with E-state index in [1.807, 2.05) is 7.05 Å². The molecule has 0 bridgehead atoms. The summed E-state index contributed by atoms with van der Waals surface area (Å²) in [6, 6.07) is 0. The molecule has 2 rings (SSSR count). The Hall–Kier alpha value is -0.940. The van der Waals surface area contributed by atoms with Gasteiger partial charge in [0.05, 0.1) is 5.71 Å². The molecule has 5 heteroatoms. The first-order valence-electron chi connectivity index (χ1n) is 5.26. The molecular weight excluding hydrogens is 194 g/mol. The molecule has 5 nitrogen and oxygen atoms in total. The molecule has 0 spiro atoms. The maximum absolute atomic E-state index is 12.1. The maximum Gasteiger partial charge on any atom is 0.255 e. The second-order valence-corrected chi connectivity index (χ2v) is 4.42. The van der Waals surface area contributed by atoms with Gasteiger partial charge < -0.3 is 10.0 Å². The summed E-state index contributed by atoms with van der Waals surface area (Å²) in [5.41, 5.74) is 0.401. The molecular formula is C10H17N3O2. The third kappa shape index (κ3) is 1.46. The highest BCUT2D eigenvalue weighted by atomic mass is 16.3. The molecule has 1 unspecified atom stereocenters. The monoisotopic (exact) mass is 211 g/mol. The minimum absolute atomic E-state index is 0.0260. The molecule has 1 amide bonds. The van der Waals surface area contributed by atoms with Gasteiger partial charge >= 0.3 is 0 Å². The van der Waals surface area contributed by atoms with Gasteiger partial charge in [-0.1, -0.05) is 0 Å². The lowest BCUT2D eigenvalue weighted by Gasteiger charge is -2.37. The van der Waals surface area contributed by atoms with Crippen LogP contribution in [0, 0.1) is 5.41 Å². The number of hydrazone groups is 1. The molecule has 1 N–H and O–H groups in total. The summed E-state index contributed by atoms with van der Waals surface area (Å²) in [6.45, 7) is 1.65. The Labute approximate surface area is 89.4 Å². The number of fused-ring (bicyclic) bond motifs is 1. The molecule has 84 valence electrons. The molecule has 0 aromatic heterocycles. The first-order chi connectivity index (χ1) is 7.10. The zero-order valence-corrected chi connectivity index (χ0v) is 9.23. The number of amides is 1. The van der Waals surface area contributed by atoms with Crippen molar-refractivity contribution in [1.82, 2.24) is 9.91 Å². The summed E-state index contributed by atoms with van der Waals surface area (Å²) >= 11 is 0. The number of piperidine rings is 1. The van der Waals surface area contributed by atoms with Crippen LogP contribution in [-0.2, 0) is 4.79 Å². The lowest BCUT2D eigenvalue weighted by molar-refractivity contribution is -0.136. The van der Waals surface area contributed by atoms with E-state index in [-0.39, 0.29) is 12.5 Å². The second kappa shape index (κ2) is 3.57. The number of aliphatic hydroxyl groups excluding tert-OH is 1. The Morgan fingerprint density at radius 3 is 2.93 bits per heavy atom. The van der Waals surface area contributed by atoms with Crippen molar-refractivity contribution in [3.8, 4) is 0 Å². The van der Waals surface area contributed by atoms with Crippen molar-refractivity contribution in [3.05, 3.63) is 0 Å². The molecule has 1 atom stereocenters. The molecule has 2 heterocycles. The molecule has 0 aliphatic carbocycles. The van der Waals surface area contributed by atoms with Gasteiger partial charge in [-0.05, 0) is 13.5 Å². The van der Waals surface area contributed by atoms with Gasteiger partial charge in [-0.3, -0.25) is 4.79 Å². The van der Waals surface area contributed by atoms with Gasteiger partial charge in [-0.25, -0.2) is 5.01 Å². The second-order valence-electron chi connectivity index (χ2n) is 4.42. The van der Waals surface area contributed by atoms with Gasteiger partial charge in [0.25, 0.3) is 5.91 Å². The fraction of sp³-hybridized carbons (Fsp3) is 0.800. The van der Waals surface area contributed by atoms with E-state index < -0.39 is 5.41 Å². The lowest BCUT2D eigenvalue weighted by Crippen LogP contribution is -2.51. The van der Waals surface area contributed by atoms with Crippen LogP contribution in [0.15, 0.2) is 5.10 Å². The van der Waals surface area contributed by atoms with E-state index in [9.17, 15) is 4.79 Å². The number of hydrogen-bond acceptors (Lipinski definition) is 4. The zero-order valence-electron chi connectivity index (χ0n) is 9.23. The fourth-order valence-corrected chi connectivity index (χ4v) is 2.56. The van der Waals surface area contributed by atoms with E-state index in [0.717, 1.165) is 18.7 Å². The van der Waals surface area contributed by atoms with E-state index >= 15 is 0 Å². The molecule has 0 aromatic carbocycles. The Kier molecular flexibility index (Phi) is 2.52. The molecule has 0 radical (unpaired) electrons. The number of rotatable bonds is 2. The van der Waals surface area contributed by atoms with Gasteiger partial charge in [0.1, 0.15) is 5.41 Å². The van der Waals surface area contributed by atoms with E-state index in [0.29, 0.717) is 13.0 Å². The summed E-state index contributed by atoms with van der Waals surface area (Å²) < 4.78 is 0. The molecule has 1 fully saturated rings. The third-order valence-electron chi connectivity index (χ3n) is 3.34. The third-order valence-corrected chi connectivity index (χ3v) is 3.34. The van der Waals surface area contributed by atoms with Crippen LogP contribution >= 0.6 is 0 Å². The van der Waals surface area contributed by atoms with Crippen LogP contribution in [0.4, 0.5) is 0 Å². The van der Waals surface area contributed by atoms with Crippen molar-refractivity contribution in [1.29, 1.82) is 0 Å². The molecule has 0 saturated carbocycles. The summed E-state index contributed by atoms with van der Waals surface area (Å²) in [4.78, 5) is 14.2. The van der Waals surface area contributed by atoms with Crippen LogP contribution in [0.25, 0.3) is 0 Å². The number of nitrogens with zero attached hydrogens (tertiary/aromatic N) is 3. The molecule has 15 heavy (non-hydrogen) atoms. The summed E-state index contributed by atoms with van der Waals surface area (Å²) in [7, 11) is 3.69. The SMILES string of the molecule is CN1CCC2=NN(C)C(=O)C2(CCO)C1. The standard InChI is InChI=1S/C10H17N3O2/c1-12-5-3-8-10(7-12,4-6-14)9(15)13(2)11-8/h14H,3-7H2,1-2H3. The van der Waals surface area contributed by atoms with Crippen LogP contribution < -0.4 is 0 Å². The Morgan fingerprint density at radius 2 is 2.27 bits per heavy atom. The minimum Gasteiger partial charge on any atom is -0.396 e. The van der Waals surface area contributed by atoms with Crippen molar-refractivity contribution >= 4 is 11.6 Å². The molecule has 2 aliphatic rings. The van der Waals surface area contributed by atoms with Crippen LogP contribution in [0.3, 0.4) is 0 Å². The number of hydrogen-bond donors (Lipinski definition) is 1. The predicted octanol–water partition coefficient (Wildman–Crippen LogP) is -0.481. The highest BCUT2D eigenvalue weighted by Gasteiger charge is 2.51. The quantitative estimate of drug-likeness (QED) is 0.671. The summed E-state index contributed by atoms with van der Waals surface area (Å²) in [5.74, 6) is 0.0260. The summed E-state index contributed by atoms with van der Waals surface area (Å²) in [5, 5.41) is 14.8. The predicted molar refractivity (Wildman–Crippen MR) is 56.5 cm³/mol. The van der Waals surface area contributed by atoms with Crippen LogP contribution in [0.2, 0.25) is 0 Å². The summed E-state index contributed by atoms with van der Waals surface area (Å²) in [6.07, 6.45) is 1.31. The highest BCUT2D eigenvalue weighted by molar-refractivity contribution is 6.12. The number of likely N-dealkylation sites (tertiary alicyclic amines) is 1. The van der Waals surface area contributed by atoms with Gasteiger partial charge in [-0.2, -0.15) is 5.10 Å². The topological polar surface area (TPSA) is 56.1 Å². The maximum atomic E-state index is 12.1. The van der Waals surface area contributed by atoms with Crippen molar-refractivity contribution < 1.29 is 9.90 Å². The van der Waals surface area contributed by atoms with E-state index in [1.165, 1.54) is 5.01 Å².